The van der Waals surface area contributed by atoms with Crippen LogP contribution in [0.1, 0.15) is 15.9 Å². The molecule has 0 saturated carbocycles. The summed E-state index contributed by atoms with van der Waals surface area (Å²) in [6.07, 6.45) is -0.683. The van der Waals surface area contributed by atoms with Crippen molar-refractivity contribution in [3.8, 4) is 0 Å². The van der Waals surface area contributed by atoms with Crippen LogP contribution < -0.4 is 10.6 Å². The van der Waals surface area contributed by atoms with Crippen molar-refractivity contribution in [3.63, 3.8) is 0 Å². The van der Waals surface area contributed by atoms with E-state index in [9.17, 15) is 14.4 Å². The first-order valence-electron chi connectivity index (χ1n) is 7.52. The van der Waals surface area contributed by atoms with Gasteiger partial charge in [-0.15, -0.1) is 0 Å². The Labute approximate surface area is 144 Å². The number of methoxy groups -OCH3 is 1. The maximum atomic E-state index is 12.1. The summed E-state index contributed by atoms with van der Waals surface area (Å²) < 4.78 is 9.59. The molecular formula is C18H18N2O5. The largest absolute Gasteiger partial charge is 0.468 e. The summed E-state index contributed by atoms with van der Waals surface area (Å²) in [5, 5.41) is 4.94. The van der Waals surface area contributed by atoms with Crippen molar-refractivity contribution < 1.29 is 23.9 Å². The number of amides is 2. The van der Waals surface area contributed by atoms with Crippen LogP contribution in [0.3, 0.4) is 0 Å². The van der Waals surface area contributed by atoms with E-state index in [2.05, 4.69) is 15.4 Å². The van der Waals surface area contributed by atoms with Gasteiger partial charge in [0, 0.05) is 0 Å². The third-order valence-electron chi connectivity index (χ3n) is 3.24. The zero-order valence-corrected chi connectivity index (χ0v) is 13.7. The summed E-state index contributed by atoms with van der Waals surface area (Å²) >= 11 is 0. The predicted octanol–water partition coefficient (Wildman–Crippen LogP) is 2.34. The van der Waals surface area contributed by atoms with Gasteiger partial charge in [-0.2, -0.15) is 0 Å². The molecule has 2 aromatic carbocycles. The van der Waals surface area contributed by atoms with Gasteiger partial charge in [-0.25, -0.2) is 4.79 Å². The number of carbonyl (C=O) groups is 3. The molecule has 0 unspecified atom stereocenters. The van der Waals surface area contributed by atoms with Crippen molar-refractivity contribution in [2.45, 2.75) is 6.61 Å². The molecule has 0 fully saturated rings. The van der Waals surface area contributed by atoms with Crippen LogP contribution in [0.4, 0.5) is 10.5 Å². The fourth-order valence-electron chi connectivity index (χ4n) is 1.98. The molecule has 2 amide bonds. The molecule has 2 rings (SSSR count). The monoisotopic (exact) mass is 342 g/mol. The number of ether oxygens (including phenoxy) is 2. The summed E-state index contributed by atoms with van der Waals surface area (Å²) in [6, 6.07) is 15.6. The van der Waals surface area contributed by atoms with Crippen LogP contribution in [0.25, 0.3) is 0 Å². The van der Waals surface area contributed by atoms with Crippen molar-refractivity contribution in [1.82, 2.24) is 5.32 Å². The Balaban J connectivity index is 1.96. The zero-order chi connectivity index (χ0) is 18.1. The van der Waals surface area contributed by atoms with Crippen molar-refractivity contribution in [2.75, 3.05) is 19.0 Å². The highest BCUT2D eigenvalue weighted by molar-refractivity contribution is 6.03. The predicted molar refractivity (Wildman–Crippen MR) is 91.0 cm³/mol. The van der Waals surface area contributed by atoms with E-state index in [1.807, 2.05) is 30.3 Å². The minimum atomic E-state index is -0.683. The molecule has 0 radical (unpaired) electrons. The van der Waals surface area contributed by atoms with Gasteiger partial charge >= 0.3 is 12.1 Å². The molecular weight excluding hydrogens is 324 g/mol. The van der Waals surface area contributed by atoms with Crippen LogP contribution in [-0.4, -0.2) is 31.6 Å². The Bertz CT molecular complexity index is 746. The molecule has 0 atom stereocenters. The highest BCUT2D eigenvalue weighted by Gasteiger charge is 2.14. The first-order valence-corrected chi connectivity index (χ1v) is 7.52. The van der Waals surface area contributed by atoms with Crippen molar-refractivity contribution >= 4 is 23.7 Å². The maximum Gasteiger partial charge on any atom is 0.411 e. The van der Waals surface area contributed by atoms with E-state index in [0.717, 1.165) is 5.56 Å². The molecule has 25 heavy (non-hydrogen) atoms. The van der Waals surface area contributed by atoms with Gasteiger partial charge in [0.1, 0.15) is 13.2 Å². The average Bonchev–Trinajstić information content (AvgIpc) is 2.65. The molecule has 0 aromatic heterocycles. The Hall–Kier alpha value is -3.35. The fourth-order valence-corrected chi connectivity index (χ4v) is 1.98. The Morgan fingerprint density at radius 1 is 0.960 bits per heavy atom. The van der Waals surface area contributed by atoms with E-state index in [-0.39, 0.29) is 24.4 Å². The van der Waals surface area contributed by atoms with E-state index >= 15 is 0 Å². The zero-order valence-electron chi connectivity index (χ0n) is 13.7. The van der Waals surface area contributed by atoms with Gasteiger partial charge in [-0.1, -0.05) is 42.5 Å². The molecule has 0 aliphatic carbocycles. The molecule has 130 valence electrons. The van der Waals surface area contributed by atoms with Crippen LogP contribution in [0.5, 0.6) is 0 Å². The van der Waals surface area contributed by atoms with Crippen LogP contribution >= 0.6 is 0 Å². The molecule has 2 N–H and O–H groups in total. The van der Waals surface area contributed by atoms with E-state index in [1.165, 1.54) is 13.2 Å². The summed E-state index contributed by atoms with van der Waals surface area (Å²) in [4.78, 5) is 35.2. The fraction of sp³-hybridized carbons (Fsp3) is 0.167. The van der Waals surface area contributed by atoms with Gasteiger partial charge in [-0.3, -0.25) is 14.9 Å². The first kappa shape index (κ1) is 18.0. The summed E-state index contributed by atoms with van der Waals surface area (Å²) in [7, 11) is 1.23. The Kier molecular flexibility index (Phi) is 6.53. The van der Waals surface area contributed by atoms with Gasteiger partial charge in [0.15, 0.2) is 0 Å². The highest BCUT2D eigenvalue weighted by atomic mass is 16.5. The number of anilines is 1. The van der Waals surface area contributed by atoms with Crippen molar-refractivity contribution in [3.05, 3.63) is 65.7 Å². The lowest BCUT2D eigenvalue weighted by Gasteiger charge is -2.11. The summed E-state index contributed by atoms with van der Waals surface area (Å²) in [6.45, 7) is -0.147. The normalized spacial score (nSPS) is 9.80. The summed E-state index contributed by atoms with van der Waals surface area (Å²) in [5.41, 5.74) is 1.34. The molecule has 0 bridgehead atoms. The van der Waals surface area contributed by atoms with E-state index in [0.29, 0.717) is 0 Å². The molecule has 7 heteroatoms. The van der Waals surface area contributed by atoms with Gasteiger partial charge in [0.25, 0.3) is 5.91 Å². The Morgan fingerprint density at radius 3 is 2.36 bits per heavy atom. The molecule has 0 spiro atoms. The van der Waals surface area contributed by atoms with Crippen LogP contribution in [0, 0.1) is 0 Å². The number of rotatable bonds is 6. The number of hydrogen-bond donors (Lipinski definition) is 2. The number of esters is 1. The number of benzene rings is 2. The van der Waals surface area contributed by atoms with Crippen LogP contribution in [0.15, 0.2) is 54.6 Å². The lowest BCUT2D eigenvalue weighted by atomic mass is 10.1. The number of nitrogens with one attached hydrogen (secondary N) is 2. The minimum absolute atomic E-state index is 0.114. The second-order valence-corrected chi connectivity index (χ2v) is 4.99. The highest BCUT2D eigenvalue weighted by Crippen LogP contribution is 2.15. The van der Waals surface area contributed by atoms with Gasteiger partial charge in [0.2, 0.25) is 0 Å². The smallest absolute Gasteiger partial charge is 0.411 e. The molecule has 2 aromatic rings. The SMILES string of the molecule is COC(=O)CNC(=O)c1ccccc1NC(=O)OCc1ccccc1. The van der Waals surface area contributed by atoms with Crippen molar-refractivity contribution in [2.24, 2.45) is 0 Å². The third kappa shape index (κ3) is 5.65. The molecule has 7 nitrogen and oxygen atoms in total. The third-order valence-corrected chi connectivity index (χ3v) is 3.24. The van der Waals surface area contributed by atoms with Crippen LogP contribution in [0.2, 0.25) is 0 Å². The lowest BCUT2D eigenvalue weighted by molar-refractivity contribution is -0.139. The quantitative estimate of drug-likeness (QED) is 0.786. The number of carbonyl (C=O) groups excluding carboxylic acids is 3. The van der Waals surface area contributed by atoms with E-state index in [4.69, 9.17) is 4.74 Å². The van der Waals surface area contributed by atoms with Gasteiger partial charge < -0.3 is 14.8 Å². The van der Waals surface area contributed by atoms with Gasteiger partial charge in [0.05, 0.1) is 18.4 Å². The molecule has 0 aliphatic heterocycles. The van der Waals surface area contributed by atoms with E-state index < -0.39 is 18.0 Å². The maximum absolute atomic E-state index is 12.1. The van der Waals surface area contributed by atoms with Gasteiger partial charge in [-0.05, 0) is 17.7 Å². The average molecular weight is 342 g/mol. The Morgan fingerprint density at radius 2 is 1.64 bits per heavy atom. The molecule has 0 saturated heterocycles. The standard InChI is InChI=1S/C18H18N2O5/c1-24-16(21)11-19-17(22)14-9-5-6-10-15(14)20-18(23)25-12-13-7-3-2-4-8-13/h2-10H,11-12H2,1H3,(H,19,22)(H,20,23). The number of para-hydroxylation sites is 1. The molecule has 0 heterocycles. The number of hydrogen-bond acceptors (Lipinski definition) is 5. The van der Waals surface area contributed by atoms with Crippen molar-refractivity contribution in [1.29, 1.82) is 0 Å². The first-order chi connectivity index (χ1) is 12.1. The second-order valence-electron chi connectivity index (χ2n) is 4.99. The summed E-state index contributed by atoms with van der Waals surface area (Å²) in [5.74, 6) is -1.08. The van der Waals surface area contributed by atoms with E-state index in [1.54, 1.807) is 18.2 Å². The second kappa shape index (κ2) is 9.07. The lowest BCUT2D eigenvalue weighted by Crippen LogP contribution is -2.31. The molecule has 0 aliphatic rings. The minimum Gasteiger partial charge on any atom is -0.468 e. The van der Waals surface area contributed by atoms with Crippen LogP contribution in [-0.2, 0) is 20.9 Å². The topological polar surface area (TPSA) is 93.7 Å².